The van der Waals surface area contributed by atoms with Gasteiger partial charge in [-0.25, -0.2) is 0 Å². The quantitative estimate of drug-likeness (QED) is 0.163. The number of nitrogens with zero attached hydrogens (tertiary/aromatic N) is 1. The summed E-state index contributed by atoms with van der Waals surface area (Å²) < 4.78 is 5.24. The maximum Gasteiger partial charge on any atom is 0.0714 e. The molecular formula is C55H35NS2. The van der Waals surface area contributed by atoms with Crippen LogP contribution in [0.25, 0.3) is 62.6 Å². The zero-order valence-electron chi connectivity index (χ0n) is 31.5. The summed E-state index contributed by atoms with van der Waals surface area (Å²) in [5.74, 6) is 0. The molecule has 0 unspecified atom stereocenters. The van der Waals surface area contributed by atoms with Crippen molar-refractivity contribution < 1.29 is 0 Å². The molecule has 0 fully saturated rings. The minimum absolute atomic E-state index is 0.506. The molecule has 0 bridgehead atoms. The molecule has 9 aromatic carbocycles. The molecule has 1 nitrogen and oxygen atoms in total. The molecule has 0 amide bonds. The highest BCUT2D eigenvalue weighted by Gasteiger charge is 2.46. The number of para-hydroxylation sites is 1. The van der Waals surface area contributed by atoms with Crippen molar-refractivity contribution in [3.05, 3.63) is 235 Å². The van der Waals surface area contributed by atoms with Crippen molar-refractivity contribution in [2.45, 2.75) is 5.41 Å². The Hall–Kier alpha value is -6.78. The fourth-order valence-electron chi connectivity index (χ4n) is 9.66. The van der Waals surface area contributed by atoms with E-state index in [4.69, 9.17) is 0 Å². The third-order valence-electron chi connectivity index (χ3n) is 12.2. The first-order chi connectivity index (χ1) is 28.8. The van der Waals surface area contributed by atoms with Gasteiger partial charge in [0.2, 0.25) is 0 Å². The monoisotopic (exact) mass is 773 g/mol. The Kier molecular flexibility index (Phi) is 7.56. The van der Waals surface area contributed by atoms with E-state index >= 15 is 0 Å². The van der Waals surface area contributed by atoms with Gasteiger partial charge in [-0.05, 0) is 99.6 Å². The molecule has 2 aromatic heterocycles. The van der Waals surface area contributed by atoms with Crippen LogP contribution in [0.1, 0.15) is 22.3 Å². The topological polar surface area (TPSA) is 3.24 Å². The maximum absolute atomic E-state index is 2.50. The first-order valence-electron chi connectivity index (χ1n) is 19.8. The van der Waals surface area contributed by atoms with E-state index in [1.54, 1.807) is 0 Å². The Labute approximate surface area is 345 Å². The Morgan fingerprint density at radius 3 is 1.53 bits per heavy atom. The van der Waals surface area contributed by atoms with Crippen LogP contribution in [-0.2, 0) is 5.41 Å². The van der Waals surface area contributed by atoms with Crippen LogP contribution >= 0.6 is 22.7 Å². The van der Waals surface area contributed by atoms with Gasteiger partial charge >= 0.3 is 0 Å². The van der Waals surface area contributed by atoms with Gasteiger partial charge in [0.1, 0.15) is 0 Å². The molecule has 58 heavy (non-hydrogen) atoms. The minimum atomic E-state index is -0.506. The van der Waals surface area contributed by atoms with Gasteiger partial charge in [-0.3, -0.25) is 0 Å². The molecule has 0 N–H and O–H groups in total. The normalized spacial score (nSPS) is 13.0. The third-order valence-corrected chi connectivity index (χ3v) is 14.5. The molecule has 0 aliphatic heterocycles. The van der Waals surface area contributed by atoms with Gasteiger partial charge in [-0.1, -0.05) is 152 Å². The fraction of sp³-hybridized carbons (Fsp3) is 0.0182. The summed E-state index contributed by atoms with van der Waals surface area (Å²) >= 11 is 3.73. The highest BCUT2D eigenvalue weighted by molar-refractivity contribution is 7.26. The van der Waals surface area contributed by atoms with E-state index in [1.165, 1.54) is 84.9 Å². The highest BCUT2D eigenvalue weighted by atomic mass is 32.1. The van der Waals surface area contributed by atoms with Crippen molar-refractivity contribution in [3.8, 4) is 22.3 Å². The van der Waals surface area contributed by atoms with E-state index in [-0.39, 0.29) is 0 Å². The lowest BCUT2D eigenvalue weighted by atomic mass is 9.67. The molecular weight excluding hydrogens is 739 g/mol. The first-order valence-corrected chi connectivity index (χ1v) is 21.5. The van der Waals surface area contributed by atoms with Gasteiger partial charge in [0.25, 0.3) is 0 Å². The van der Waals surface area contributed by atoms with Crippen LogP contribution in [0.15, 0.2) is 212 Å². The molecule has 0 saturated carbocycles. The van der Waals surface area contributed by atoms with E-state index in [2.05, 4.69) is 217 Å². The van der Waals surface area contributed by atoms with Crippen molar-refractivity contribution >= 4 is 80.1 Å². The molecule has 0 saturated heterocycles. The van der Waals surface area contributed by atoms with Crippen molar-refractivity contribution in [2.75, 3.05) is 4.90 Å². The predicted octanol–water partition coefficient (Wildman–Crippen LogP) is 15.9. The number of hydrogen-bond donors (Lipinski definition) is 0. The van der Waals surface area contributed by atoms with E-state index in [9.17, 15) is 0 Å². The molecule has 3 heteroatoms. The van der Waals surface area contributed by atoms with E-state index in [0.29, 0.717) is 0 Å². The molecule has 1 aliphatic rings. The Balaban J connectivity index is 1.14. The first kappa shape index (κ1) is 33.4. The lowest BCUT2D eigenvalue weighted by Crippen LogP contribution is -2.28. The van der Waals surface area contributed by atoms with Crippen LogP contribution in [0.4, 0.5) is 17.1 Å². The summed E-state index contributed by atoms with van der Waals surface area (Å²) in [6, 6.07) is 79.0. The van der Waals surface area contributed by atoms with Gasteiger partial charge in [-0.2, -0.15) is 0 Å². The molecule has 2 heterocycles. The predicted molar refractivity (Wildman–Crippen MR) is 250 cm³/mol. The second kappa shape index (κ2) is 13.1. The zero-order valence-corrected chi connectivity index (χ0v) is 33.1. The van der Waals surface area contributed by atoms with Gasteiger partial charge in [0.15, 0.2) is 0 Å². The summed E-state index contributed by atoms with van der Waals surface area (Å²) in [6.45, 7) is 0. The van der Waals surface area contributed by atoms with Crippen LogP contribution in [-0.4, -0.2) is 0 Å². The highest BCUT2D eigenvalue weighted by Crippen LogP contribution is 2.57. The fourth-order valence-corrected chi connectivity index (χ4v) is 11.8. The second-order valence-corrected chi connectivity index (χ2v) is 17.4. The Morgan fingerprint density at radius 2 is 0.828 bits per heavy atom. The molecule has 12 rings (SSSR count). The summed E-state index contributed by atoms with van der Waals surface area (Å²) in [7, 11) is 0. The summed E-state index contributed by atoms with van der Waals surface area (Å²) in [5, 5.41) is 5.19. The van der Waals surface area contributed by atoms with Crippen molar-refractivity contribution in [2.24, 2.45) is 0 Å². The Morgan fingerprint density at radius 1 is 0.328 bits per heavy atom. The average Bonchev–Trinajstić information content (AvgIpc) is 3.95. The number of thiophene rings is 2. The molecule has 0 spiro atoms. The lowest BCUT2D eigenvalue weighted by molar-refractivity contribution is 0.768. The second-order valence-electron chi connectivity index (χ2n) is 15.2. The Bertz CT molecular complexity index is 3320. The van der Waals surface area contributed by atoms with Gasteiger partial charge < -0.3 is 4.90 Å². The zero-order chi connectivity index (χ0) is 38.2. The maximum atomic E-state index is 2.50. The van der Waals surface area contributed by atoms with Crippen molar-refractivity contribution in [1.29, 1.82) is 0 Å². The van der Waals surface area contributed by atoms with Crippen LogP contribution < -0.4 is 4.90 Å². The number of anilines is 3. The van der Waals surface area contributed by atoms with Crippen molar-refractivity contribution in [3.63, 3.8) is 0 Å². The van der Waals surface area contributed by atoms with Crippen LogP contribution in [0.3, 0.4) is 0 Å². The van der Waals surface area contributed by atoms with E-state index in [0.717, 1.165) is 17.1 Å². The smallest absolute Gasteiger partial charge is 0.0714 e. The molecule has 0 atom stereocenters. The largest absolute Gasteiger partial charge is 0.310 e. The summed E-state index contributed by atoms with van der Waals surface area (Å²) in [5.41, 5.74) is 13.0. The molecule has 272 valence electrons. The van der Waals surface area contributed by atoms with E-state index in [1.807, 2.05) is 22.7 Å². The average molecular weight is 774 g/mol. The summed E-state index contributed by atoms with van der Waals surface area (Å²) in [4.78, 5) is 2.50. The standard InChI is InChI=1S/C55H35NS2/c1-3-15-37(16-4-1)55(38-17-5-2-6-18-38)48-23-11-7-20-42(48)43-30-28-40(35-49(43)55)56(39-29-32-54-47(34-39)45-22-10-14-26-52(45)58-54)50-24-12-8-19-41(50)36-27-31-53-46(33-36)44-21-9-13-25-51(44)57-53/h1-35H. The molecule has 11 aromatic rings. The van der Waals surface area contributed by atoms with Gasteiger partial charge in [0, 0.05) is 57.3 Å². The minimum Gasteiger partial charge on any atom is -0.310 e. The molecule has 0 radical (unpaired) electrons. The van der Waals surface area contributed by atoms with Gasteiger partial charge in [-0.15, -0.1) is 22.7 Å². The number of hydrogen-bond acceptors (Lipinski definition) is 3. The number of fused-ring (bicyclic) bond motifs is 9. The van der Waals surface area contributed by atoms with Crippen LogP contribution in [0.2, 0.25) is 0 Å². The summed E-state index contributed by atoms with van der Waals surface area (Å²) in [6.07, 6.45) is 0. The lowest BCUT2D eigenvalue weighted by Gasteiger charge is -2.35. The van der Waals surface area contributed by atoms with E-state index < -0.39 is 5.41 Å². The van der Waals surface area contributed by atoms with Crippen LogP contribution in [0, 0.1) is 0 Å². The van der Waals surface area contributed by atoms with Crippen LogP contribution in [0.5, 0.6) is 0 Å². The third kappa shape index (κ3) is 4.94. The number of rotatable bonds is 6. The molecule has 1 aliphatic carbocycles. The SMILES string of the molecule is c1ccc(C2(c3ccccc3)c3ccccc3-c3ccc(N(c4ccc5sc6ccccc6c5c4)c4ccccc4-c4ccc5sc6ccccc6c5c4)cc32)cc1. The number of benzene rings is 9. The van der Waals surface area contributed by atoms with Gasteiger partial charge in [0.05, 0.1) is 11.1 Å². The van der Waals surface area contributed by atoms with Crippen molar-refractivity contribution in [1.82, 2.24) is 0 Å².